The molecule has 0 aromatic carbocycles. The zero-order valence-electron chi connectivity index (χ0n) is 21.2. The summed E-state index contributed by atoms with van der Waals surface area (Å²) in [5, 5.41) is 17.0. The molecule has 0 heterocycles. The van der Waals surface area contributed by atoms with Crippen LogP contribution in [-0.2, 0) is 19.2 Å². The van der Waals surface area contributed by atoms with Gasteiger partial charge in [-0.2, -0.15) is 0 Å². The standard InChI is InChI=1S/C21H42N10O5/c1-11(2)10-15(18(34)30-14(19(35)36)7-5-9-28-21(25)26)31-16(32)12(3)29-17(33)13(22)6-4-8-27-20(23)24/h11-15H,4-10,22H2,1-3H3,(H,29,33)(H,30,34)(H,31,32)(H,35,36)(H4,23,24,27)(H4,25,26,28). The van der Waals surface area contributed by atoms with Crippen LogP contribution in [-0.4, -0.2) is 78.0 Å². The van der Waals surface area contributed by atoms with E-state index in [0.717, 1.165) is 0 Å². The number of rotatable bonds is 17. The van der Waals surface area contributed by atoms with Gasteiger partial charge >= 0.3 is 5.97 Å². The maximum atomic E-state index is 12.8. The summed E-state index contributed by atoms with van der Waals surface area (Å²) in [4.78, 5) is 57.0. The first kappa shape index (κ1) is 32.4. The lowest BCUT2D eigenvalue weighted by molar-refractivity contribution is -0.142. The molecule has 0 saturated carbocycles. The van der Waals surface area contributed by atoms with Gasteiger partial charge in [-0.1, -0.05) is 13.8 Å². The first-order chi connectivity index (χ1) is 16.7. The number of amides is 3. The van der Waals surface area contributed by atoms with Gasteiger partial charge in [-0.15, -0.1) is 0 Å². The van der Waals surface area contributed by atoms with E-state index in [-0.39, 0.29) is 37.2 Å². The van der Waals surface area contributed by atoms with Crippen molar-refractivity contribution in [1.82, 2.24) is 16.0 Å². The Morgan fingerprint density at radius 3 is 1.72 bits per heavy atom. The van der Waals surface area contributed by atoms with Gasteiger partial charge in [-0.3, -0.25) is 24.4 Å². The predicted octanol–water partition coefficient (Wildman–Crippen LogP) is -2.97. The summed E-state index contributed by atoms with van der Waals surface area (Å²) < 4.78 is 0. The van der Waals surface area contributed by atoms with Gasteiger partial charge in [0.05, 0.1) is 6.04 Å². The Morgan fingerprint density at radius 1 is 0.750 bits per heavy atom. The molecule has 0 spiro atoms. The van der Waals surface area contributed by atoms with Crippen LogP contribution in [0, 0.1) is 5.92 Å². The fourth-order valence-corrected chi connectivity index (χ4v) is 3.07. The van der Waals surface area contributed by atoms with E-state index in [9.17, 15) is 24.3 Å². The van der Waals surface area contributed by atoms with E-state index in [4.69, 9.17) is 28.7 Å². The van der Waals surface area contributed by atoms with Gasteiger partial charge in [0.1, 0.15) is 18.1 Å². The number of aliphatic carboxylic acids is 1. The number of aliphatic imine (C=N–C) groups is 2. The molecule has 3 amide bonds. The lowest BCUT2D eigenvalue weighted by Crippen LogP contribution is -2.56. The van der Waals surface area contributed by atoms with Crippen molar-refractivity contribution < 1.29 is 24.3 Å². The van der Waals surface area contributed by atoms with Gasteiger partial charge in [0.2, 0.25) is 17.7 Å². The van der Waals surface area contributed by atoms with Crippen molar-refractivity contribution in [3.8, 4) is 0 Å². The summed E-state index contributed by atoms with van der Waals surface area (Å²) in [5.41, 5.74) is 26.8. The Hall–Kier alpha value is -3.62. The van der Waals surface area contributed by atoms with Crippen molar-refractivity contribution in [2.45, 2.75) is 77.0 Å². The van der Waals surface area contributed by atoms with Gasteiger partial charge < -0.3 is 49.7 Å². The molecule has 0 aromatic rings. The molecule has 206 valence electrons. The number of hydrogen-bond acceptors (Lipinski definition) is 7. The number of carboxylic acids is 1. The number of carbonyl (C=O) groups excluding carboxylic acids is 3. The van der Waals surface area contributed by atoms with Gasteiger partial charge in [0, 0.05) is 13.1 Å². The van der Waals surface area contributed by atoms with Gasteiger partial charge in [-0.05, 0) is 44.9 Å². The highest BCUT2D eigenvalue weighted by Gasteiger charge is 2.29. The molecule has 14 N–H and O–H groups in total. The molecule has 36 heavy (non-hydrogen) atoms. The second kappa shape index (κ2) is 16.9. The van der Waals surface area contributed by atoms with Gasteiger partial charge in [0.25, 0.3) is 0 Å². The molecule has 4 atom stereocenters. The first-order valence-corrected chi connectivity index (χ1v) is 11.7. The Kier molecular flexibility index (Phi) is 15.2. The van der Waals surface area contributed by atoms with Crippen molar-refractivity contribution in [2.24, 2.45) is 44.6 Å². The van der Waals surface area contributed by atoms with Crippen molar-refractivity contribution in [3.63, 3.8) is 0 Å². The molecule has 0 aliphatic heterocycles. The number of hydrogen-bond donors (Lipinski definition) is 9. The third-order valence-corrected chi connectivity index (χ3v) is 4.96. The summed E-state index contributed by atoms with van der Waals surface area (Å²) in [6.45, 7) is 5.68. The van der Waals surface area contributed by atoms with Crippen molar-refractivity contribution >= 4 is 35.6 Å². The van der Waals surface area contributed by atoms with Crippen LogP contribution < -0.4 is 44.6 Å². The molecular formula is C21H42N10O5. The van der Waals surface area contributed by atoms with Crippen LogP contribution in [0.3, 0.4) is 0 Å². The van der Waals surface area contributed by atoms with Crippen LogP contribution in [0.4, 0.5) is 0 Å². The quantitative estimate of drug-likeness (QED) is 0.0539. The maximum Gasteiger partial charge on any atom is 0.326 e. The molecule has 4 unspecified atom stereocenters. The molecule has 0 rings (SSSR count). The van der Waals surface area contributed by atoms with E-state index in [2.05, 4.69) is 25.9 Å². The molecule has 0 aliphatic carbocycles. The van der Waals surface area contributed by atoms with Gasteiger partial charge in [-0.25, -0.2) is 4.79 Å². The van der Waals surface area contributed by atoms with Crippen LogP contribution in [0.25, 0.3) is 0 Å². The molecule has 0 aromatic heterocycles. The zero-order valence-corrected chi connectivity index (χ0v) is 21.2. The summed E-state index contributed by atoms with van der Waals surface area (Å²) in [5.74, 6) is -3.19. The minimum Gasteiger partial charge on any atom is -0.480 e. The van der Waals surface area contributed by atoms with Crippen LogP contribution in [0.1, 0.15) is 52.9 Å². The molecule has 0 saturated heterocycles. The number of nitrogens with zero attached hydrogens (tertiary/aromatic N) is 2. The molecule has 0 radical (unpaired) electrons. The molecule has 15 heteroatoms. The topological polar surface area (TPSA) is 279 Å². The average Bonchev–Trinajstić information content (AvgIpc) is 2.76. The fraction of sp³-hybridized carbons (Fsp3) is 0.714. The normalized spacial score (nSPS) is 14.0. The number of nitrogens with one attached hydrogen (secondary N) is 3. The van der Waals surface area contributed by atoms with Crippen LogP contribution in [0.2, 0.25) is 0 Å². The second-order valence-corrected chi connectivity index (χ2v) is 8.82. The number of guanidine groups is 2. The van der Waals surface area contributed by atoms with Gasteiger partial charge in [0.15, 0.2) is 11.9 Å². The summed E-state index contributed by atoms with van der Waals surface area (Å²) in [6.07, 6.45) is 1.44. The second-order valence-electron chi connectivity index (χ2n) is 8.82. The Bertz CT molecular complexity index is 794. The maximum absolute atomic E-state index is 12.8. The van der Waals surface area contributed by atoms with Crippen LogP contribution >= 0.6 is 0 Å². The van der Waals surface area contributed by atoms with Crippen LogP contribution in [0.15, 0.2) is 9.98 Å². The largest absolute Gasteiger partial charge is 0.480 e. The summed E-state index contributed by atoms with van der Waals surface area (Å²) in [6, 6.07) is -4.06. The number of carboxylic acid groups (broad SMARTS) is 1. The zero-order chi connectivity index (χ0) is 27.8. The molecule has 15 nitrogen and oxygen atoms in total. The van der Waals surface area contributed by atoms with E-state index in [1.165, 1.54) is 6.92 Å². The fourth-order valence-electron chi connectivity index (χ4n) is 3.07. The van der Waals surface area contributed by atoms with Crippen LogP contribution in [0.5, 0.6) is 0 Å². The van der Waals surface area contributed by atoms with Crippen molar-refractivity contribution in [1.29, 1.82) is 0 Å². The minimum atomic E-state index is -1.22. The number of nitrogens with two attached hydrogens (primary N) is 5. The Balaban J connectivity index is 5.01. The predicted molar refractivity (Wildman–Crippen MR) is 136 cm³/mol. The number of carbonyl (C=O) groups is 4. The van der Waals surface area contributed by atoms with Crippen molar-refractivity contribution in [3.05, 3.63) is 0 Å². The Labute approximate surface area is 211 Å². The third-order valence-electron chi connectivity index (χ3n) is 4.96. The highest BCUT2D eigenvalue weighted by molar-refractivity contribution is 5.93. The lowest BCUT2D eigenvalue weighted by atomic mass is 10.0. The summed E-state index contributed by atoms with van der Waals surface area (Å²) in [7, 11) is 0. The molecule has 0 fully saturated rings. The summed E-state index contributed by atoms with van der Waals surface area (Å²) >= 11 is 0. The van der Waals surface area contributed by atoms with E-state index >= 15 is 0 Å². The van der Waals surface area contributed by atoms with E-state index < -0.39 is 47.9 Å². The smallest absolute Gasteiger partial charge is 0.326 e. The average molecular weight is 515 g/mol. The molecule has 0 aliphatic rings. The third kappa shape index (κ3) is 14.6. The Morgan fingerprint density at radius 2 is 1.25 bits per heavy atom. The van der Waals surface area contributed by atoms with Crippen molar-refractivity contribution in [2.75, 3.05) is 13.1 Å². The molecule has 0 bridgehead atoms. The molecular weight excluding hydrogens is 472 g/mol. The van der Waals surface area contributed by atoms with E-state index in [0.29, 0.717) is 25.8 Å². The first-order valence-electron chi connectivity index (χ1n) is 11.7. The minimum absolute atomic E-state index is 0.00901. The van der Waals surface area contributed by atoms with E-state index in [1.54, 1.807) is 0 Å². The lowest BCUT2D eigenvalue weighted by Gasteiger charge is -2.24. The monoisotopic (exact) mass is 514 g/mol. The SMILES string of the molecule is CC(C)CC(NC(=O)C(C)NC(=O)C(N)CCCN=C(N)N)C(=O)NC(CCCN=C(N)N)C(=O)O. The highest BCUT2D eigenvalue weighted by Crippen LogP contribution is 2.08. The highest BCUT2D eigenvalue weighted by atomic mass is 16.4. The van der Waals surface area contributed by atoms with E-state index in [1.807, 2.05) is 13.8 Å².